The van der Waals surface area contributed by atoms with Gasteiger partial charge in [0.2, 0.25) is 0 Å². The lowest BCUT2D eigenvalue weighted by Gasteiger charge is -2.41. The van der Waals surface area contributed by atoms with Gasteiger partial charge in [-0.25, -0.2) is 0 Å². The van der Waals surface area contributed by atoms with Gasteiger partial charge in [0.1, 0.15) is 11.5 Å². The predicted octanol–water partition coefficient (Wildman–Crippen LogP) is 5.27. The first-order valence-corrected chi connectivity index (χ1v) is 14.2. The molecule has 0 amide bonds. The summed E-state index contributed by atoms with van der Waals surface area (Å²) in [6.07, 6.45) is 8.49. The summed E-state index contributed by atoms with van der Waals surface area (Å²) in [6.45, 7) is 1.85. The molecule has 0 heterocycles. The Morgan fingerprint density at radius 2 is 1.08 bits per heavy atom. The van der Waals surface area contributed by atoms with E-state index >= 15 is 0 Å². The van der Waals surface area contributed by atoms with E-state index in [0.717, 1.165) is 74.2 Å². The molecule has 38 heavy (non-hydrogen) atoms. The molecule has 0 saturated heterocycles. The number of ether oxygens (including phenoxy) is 2. The van der Waals surface area contributed by atoms with E-state index in [2.05, 4.69) is 38.0 Å². The second kappa shape index (κ2) is 13.8. The molecule has 6 nitrogen and oxygen atoms in total. The summed E-state index contributed by atoms with van der Waals surface area (Å²) < 4.78 is 10.6. The van der Waals surface area contributed by atoms with Gasteiger partial charge in [0.05, 0.1) is 25.4 Å². The number of methoxy groups -OCH3 is 2. The molecule has 0 unspecified atom stereocenters. The molecule has 2 fully saturated rings. The minimum atomic E-state index is -0.711. The minimum absolute atomic E-state index is 0.295. The fourth-order valence-electron chi connectivity index (χ4n) is 6.37. The zero-order valence-electron chi connectivity index (χ0n) is 24.4. The third-order valence-corrected chi connectivity index (χ3v) is 8.38. The maximum Gasteiger partial charge on any atom is 0.119 e. The van der Waals surface area contributed by atoms with E-state index in [1.165, 1.54) is 12.8 Å². The molecule has 2 N–H and O–H groups in total. The van der Waals surface area contributed by atoms with Crippen LogP contribution in [0.3, 0.4) is 0 Å². The summed E-state index contributed by atoms with van der Waals surface area (Å²) in [7, 11) is 11.6. The molecule has 2 aromatic carbocycles. The molecular formula is C32H50N2O4. The first-order chi connectivity index (χ1) is 18.1. The zero-order chi connectivity index (χ0) is 27.8. The van der Waals surface area contributed by atoms with Crippen molar-refractivity contribution in [1.82, 2.24) is 9.80 Å². The number of aliphatic hydroxyl groups is 2. The van der Waals surface area contributed by atoms with E-state index in [4.69, 9.17) is 9.47 Å². The van der Waals surface area contributed by atoms with Gasteiger partial charge in [-0.2, -0.15) is 0 Å². The van der Waals surface area contributed by atoms with Crippen LogP contribution in [0.1, 0.15) is 62.5 Å². The molecule has 212 valence electrons. The lowest BCUT2D eigenvalue weighted by atomic mass is 9.71. The highest BCUT2D eigenvalue weighted by atomic mass is 16.5. The predicted molar refractivity (Wildman–Crippen MR) is 155 cm³/mol. The van der Waals surface area contributed by atoms with Gasteiger partial charge in [-0.05, 0) is 89.3 Å². The summed E-state index contributed by atoms with van der Waals surface area (Å²) in [6, 6.07) is 15.8. The number of hydrogen-bond acceptors (Lipinski definition) is 6. The second-order valence-corrected chi connectivity index (χ2v) is 11.7. The van der Waals surface area contributed by atoms with Crippen LogP contribution in [0.4, 0.5) is 0 Å². The van der Waals surface area contributed by atoms with Crippen LogP contribution in [-0.4, -0.2) is 75.5 Å². The summed E-state index contributed by atoms with van der Waals surface area (Å²) in [5.74, 6) is 2.23. The molecule has 0 aliphatic heterocycles. The van der Waals surface area contributed by atoms with Crippen molar-refractivity contribution in [2.24, 2.45) is 11.8 Å². The monoisotopic (exact) mass is 526 g/mol. The number of benzene rings is 2. The SMILES string of the molecule is COc1cccc([C@@]2(O)CCCC[C@@H]2CN(C)C)c1.COc1cccc([C@@]2(O)CCCC[C@@H]2CN(C)C)c1. The zero-order valence-corrected chi connectivity index (χ0v) is 24.4. The van der Waals surface area contributed by atoms with Crippen LogP contribution < -0.4 is 9.47 Å². The Kier molecular flexibility index (Phi) is 11.0. The van der Waals surface area contributed by atoms with Crippen molar-refractivity contribution in [3.8, 4) is 11.5 Å². The van der Waals surface area contributed by atoms with Gasteiger partial charge in [0.25, 0.3) is 0 Å². The Hall–Kier alpha value is -2.12. The molecule has 2 saturated carbocycles. The van der Waals surface area contributed by atoms with Crippen LogP contribution in [-0.2, 0) is 11.2 Å². The van der Waals surface area contributed by atoms with Gasteiger partial charge in [0.15, 0.2) is 0 Å². The molecule has 0 spiro atoms. The van der Waals surface area contributed by atoms with E-state index in [0.29, 0.717) is 11.8 Å². The highest BCUT2D eigenvalue weighted by molar-refractivity contribution is 5.34. The van der Waals surface area contributed by atoms with Crippen molar-refractivity contribution >= 4 is 0 Å². The molecule has 2 aliphatic carbocycles. The molecule has 4 rings (SSSR count). The molecule has 0 bridgehead atoms. The van der Waals surface area contributed by atoms with Gasteiger partial charge in [-0.3, -0.25) is 0 Å². The number of nitrogens with zero attached hydrogens (tertiary/aromatic N) is 2. The Bertz CT molecular complexity index is 917. The summed E-state index contributed by atoms with van der Waals surface area (Å²) >= 11 is 0. The van der Waals surface area contributed by atoms with Crippen molar-refractivity contribution in [1.29, 1.82) is 0 Å². The highest BCUT2D eigenvalue weighted by Crippen LogP contribution is 2.44. The number of rotatable bonds is 8. The quantitative estimate of drug-likeness (QED) is 0.489. The lowest BCUT2D eigenvalue weighted by Crippen LogP contribution is -2.43. The van der Waals surface area contributed by atoms with Crippen LogP contribution in [0.25, 0.3) is 0 Å². The molecule has 6 heteroatoms. The maximum absolute atomic E-state index is 11.2. The Morgan fingerprint density at radius 1 is 0.684 bits per heavy atom. The first-order valence-electron chi connectivity index (χ1n) is 14.2. The van der Waals surface area contributed by atoms with E-state index < -0.39 is 11.2 Å². The normalized spacial score (nSPS) is 27.5. The minimum Gasteiger partial charge on any atom is -0.497 e. The molecule has 0 radical (unpaired) electrons. The molecule has 2 aromatic rings. The van der Waals surface area contributed by atoms with Crippen molar-refractivity contribution in [2.75, 3.05) is 55.5 Å². The average molecular weight is 527 g/mol. The first kappa shape index (κ1) is 30.4. The van der Waals surface area contributed by atoms with Crippen molar-refractivity contribution in [3.63, 3.8) is 0 Å². The van der Waals surface area contributed by atoms with Gasteiger partial charge >= 0.3 is 0 Å². The lowest BCUT2D eigenvalue weighted by molar-refractivity contribution is -0.0621. The molecule has 2 aliphatic rings. The molecule has 0 aromatic heterocycles. The fourth-order valence-corrected chi connectivity index (χ4v) is 6.37. The van der Waals surface area contributed by atoms with Crippen LogP contribution >= 0.6 is 0 Å². The van der Waals surface area contributed by atoms with Crippen LogP contribution in [0, 0.1) is 11.8 Å². The van der Waals surface area contributed by atoms with Gasteiger partial charge in [-0.1, -0.05) is 49.9 Å². The van der Waals surface area contributed by atoms with Gasteiger partial charge in [0, 0.05) is 24.9 Å². The smallest absolute Gasteiger partial charge is 0.119 e. The standard InChI is InChI=1S/2C16H25NO2/c2*1-17(2)12-14-7-4-5-10-16(14,18)13-8-6-9-15(11-13)19-3/h2*6,8-9,11,14,18H,4-5,7,10,12H2,1-3H3/t2*14-,16+/m11/s1. The van der Waals surface area contributed by atoms with E-state index in [9.17, 15) is 10.2 Å². The summed E-state index contributed by atoms with van der Waals surface area (Å²) in [5, 5.41) is 22.4. The van der Waals surface area contributed by atoms with Crippen LogP contribution in [0.5, 0.6) is 11.5 Å². The fraction of sp³-hybridized carbons (Fsp3) is 0.625. The Labute approximate surface area is 230 Å². The maximum atomic E-state index is 11.2. The largest absolute Gasteiger partial charge is 0.497 e. The summed E-state index contributed by atoms with van der Waals surface area (Å²) in [4.78, 5) is 4.34. The molecular weight excluding hydrogens is 476 g/mol. The average Bonchev–Trinajstić information content (AvgIpc) is 2.91. The van der Waals surface area contributed by atoms with E-state index in [1.807, 2.05) is 48.5 Å². The highest BCUT2D eigenvalue weighted by Gasteiger charge is 2.41. The second-order valence-electron chi connectivity index (χ2n) is 11.7. The third-order valence-electron chi connectivity index (χ3n) is 8.38. The number of hydrogen-bond donors (Lipinski definition) is 2. The van der Waals surface area contributed by atoms with Crippen molar-refractivity contribution in [3.05, 3.63) is 59.7 Å². The Balaban J connectivity index is 0.000000211. The van der Waals surface area contributed by atoms with Crippen LogP contribution in [0.2, 0.25) is 0 Å². The van der Waals surface area contributed by atoms with Crippen molar-refractivity contribution < 1.29 is 19.7 Å². The van der Waals surface area contributed by atoms with Crippen LogP contribution in [0.15, 0.2) is 48.5 Å². The van der Waals surface area contributed by atoms with Gasteiger partial charge < -0.3 is 29.5 Å². The van der Waals surface area contributed by atoms with Gasteiger partial charge in [-0.15, -0.1) is 0 Å². The topological polar surface area (TPSA) is 65.4 Å². The summed E-state index contributed by atoms with van der Waals surface area (Å²) in [5.41, 5.74) is 0.575. The van der Waals surface area contributed by atoms with E-state index in [1.54, 1.807) is 14.2 Å². The van der Waals surface area contributed by atoms with Crippen molar-refractivity contribution in [2.45, 2.75) is 62.6 Å². The Morgan fingerprint density at radius 3 is 1.42 bits per heavy atom. The van der Waals surface area contributed by atoms with E-state index in [-0.39, 0.29) is 0 Å². The molecule has 4 atom stereocenters. The third kappa shape index (κ3) is 7.50.